The van der Waals surface area contributed by atoms with Crippen LogP contribution in [-0.4, -0.2) is 51.5 Å². The summed E-state index contributed by atoms with van der Waals surface area (Å²) < 4.78 is 59.0. The van der Waals surface area contributed by atoms with Crippen molar-refractivity contribution in [3.05, 3.63) is 46.5 Å². The number of fused-ring (bicyclic) bond motifs is 1. The highest BCUT2D eigenvalue weighted by atomic mass is 35.5. The van der Waals surface area contributed by atoms with Crippen molar-refractivity contribution in [2.24, 2.45) is 16.5 Å². The van der Waals surface area contributed by atoms with E-state index in [-0.39, 0.29) is 33.5 Å². The summed E-state index contributed by atoms with van der Waals surface area (Å²) in [6, 6.07) is 7.62. The van der Waals surface area contributed by atoms with E-state index in [4.69, 9.17) is 43.0 Å². The van der Waals surface area contributed by atoms with E-state index < -0.39 is 36.9 Å². The van der Waals surface area contributed by atoms with Crippen molar-refractivity contribution in [1.29, 1.82) is 0 Å². The molecule has 3 atom stereocenters. The molecule has 2 aromatic carbocycles. The zero-order valence-electron chi connectivity index (χ0n) is 19.1. The first kappa shape index (κ1) is 26.4. The maximum absolute atomic E-state index is 14.0. The van der Waals surface area contributed by atoms with Gasteiger partial charge < -0.3 is 36.3 Å². The van der Waals surface area contributed by atoms with E-state index in [0.717, 1.165) is 0 Å². The number of hydrogen-bond donors (Lipinski definition) is 3. The fourth-order valence-corrected chi connectivity index (χ4v) is 4.28. The Bertz CT molecular complexity index is 1140. The normalized spacial score (nSPS) is 20.2. The number of benzene rings is 2. The molecule has 1 aliphatic heterocycles. The van der Waals surface area contributed by atoms with Crippen LogP contribution in [0.2, 0.25) is 5.02 Å². The molecule has 0 saturated carbocycles. The lowest BCUT2D eigenvalue weighted by Gasteiger charge is -2.35. The molecule has 0 aromatic heterocycles. The van der Waals surface area contributed by atoms with Crippen molar-refractivity contribution >= 4 is 34.7 Å². The number of halogens is 4. The molecular formula is C22H25ClF3N5O4. The van der Waals surface area contributed by atoms with Crippen molar-refractivity contribution in [3.8, 4) is 11.5 Å². The molecule has 1 aliphatic rings. The SMILES string of the molecule is CN=C1[C@@H](CC(N)=O)O[C@H](c2cccc(OC)c2OC)c2cc(Cl)cc(N)c2N1C(N)C(F)(F)F. The number of para-hydroxylation sites is 1. The van der Waals surface area contributed by atoms with Gasteiger partial charge >= 0.3 is 6.18 Å². The van der Waals surface area contributed by atoms with Gasteiger partial charge in [0, 0.05) is 23.2 Å². The van der Waals surface area contributed by atoms with E-state index in [9.17, 15) is 18.0 Å². The molecule has 9 nitrogen and oxygen atoms in total. The lowest BCUT2D eigenvalue weighted by Crippen LogP contribution is -2.57. The van der Waals surface area contributed by atoms with Crippen LogP contribution < -0.4 is 31.6 Å². The highest BCUT2D eigenvalue weighted by Gasteiger charge is 2.48. The number of carbonyl (C=O) groups excluding carboxylic acids is 1. The summed E-state index contributed by atoms with van der Waals surface area (Å²) in [5, 5.41) is 0.139. The average molecular weight is 516 g/mol. The number of rotatable bonds is 6. The van der Waals surface area contributed by atoms with Crippen molar-refractivity contribution in [1.82, 2.24) is 0 Å². The molecule has 35 heavy (non-hydrogen) atoms. The van der Waals surface area contributed by atoms with E-state index in [2.05, 4.69) is 4.99 Å². The van der Waals surface area contributed by atoms with Crippen LogP contribution in [0.4, 0.5) is 24.5 Å². The Kier molecular flexibility index (Phi) is 7.68. The minimum absolute atomic E-state index is 0.108. The third-order valence-corrected chi connectivity index (χ3v) is 5.66. The lowest BCUT2D eigenvalue weighted by molar-refractivity contribution is -0.145. The van der Waals surface area contributed by atoms with Crippen molar-refractivity contribution in [2.45, 2.75) is 31.0 Å². The number of nitrogen functional groups attached to an aromatic ring is 1. The largest absolute Gasteiger partial charge is 0.493 e. The molecule has 0 saturated heterocycles. The predicted molar refractivity (Wildman–Crippen MR) is 126 cm³/mol. The number of nitrogens with two attached hydrogens (primary N) is 3. The second kappa shape index (κ2) is 10.2. The monoisotopic (exact) mass is 515 g/mol. The Hall–Kier alpha value is -3.22. The van der Waals surface area contributed by atoms with E-state index >= 15 is 0 Å². The average Bonchev–Trinajstić information content (AvgIpc) is 2.91. The molecular weight excluding hydrogens is 491 g/mol. The van der Waals surface area contributed by atoms with Crippen LogP contribution in [0.5, 0.6) is 11.5 Å². The number of carbonyl (C=O) groups is 1. The quantitative estimate of drug-likeness (QED) is 0.503. The number of anilines is 2. The van der Waals surface area contributed by atoms with Gasteiger partial charge in [0.25, 0.3) is 0 Å². The summed E-state index contributed by atoms with van der Waals surface area (Å²) in [7, 11) is 4.08. The molecule has 1 unspecified atom stereocenters. The van der Waals surface area contributed by atoms with Crippen LogP contribution in [0.3, 0.4) is 0 Å². The number of methoxy groups -OCH3 is 2. The van der Waals surface area contributed by atoms with Gasteiger partial charge in [-0.2, -0.15) is 13.2 Å². The topological polar surface area (TPSA) is 138 Å². The molecule has 0 radical (unpaired) electrons. The number of hydrogen-bond acceptors (Lipinski definition) is 7. The first-order valence-electron chi connectivity index (χ1n) is 10.3. The summed E-state index contributed by atoms with van der Waals surface area (Å²) in [5.74, 6) is -0.516. The van der Waals surface area contributed by atoms with E-state index in [1.165, 1.54) is 33.4 Å². The molecule has 0 aliphatic carbocycles. The Labute approximate surface area is 204 Å². The first-order chi connectivity index (χ1) is 16.4. The molecule has 2 aromatic rings. The molecule has 0 spiro atoms. The minimum atomic E-state index is -4.90. The molecule has 6 N–H and O–H groups in total. The molecule has 0 bridgehead atoms. The van der Waals surface area contributed by atoms with Crippen molar-refractivity contribution in [3.63, 3.8) is 0 Å². The van der Waals surface area contributed by atoms with Crippen LogP contribution >= 0.6 is 11.6 Å². The summed E-state index contributed by atoms with van der Waals surface area (Å²) in [5.41, 5.74) is 17.6. The Balaban J connectivity index is 2.42. The summed E-state index contributed by atoms with van der Waals surface area (Å²) in [4.78, 5) is 16.6. The zero-order chi connectivity index (χ0) is 26.1. The van der Waals surface area contributed by atoms with Gasteiger partial charge in [0.15, 0.2) is 17.7 Å². The molecule has 1 heterocycles. The van der Waals surface area contributed by atoms with Gasteiger partial charge in [-0.1, -0.05) is 23.7 Å². The second-order valence-corrected chi connectivity index (χ2v) is 8.07. The minimum Gasteiger partial charge on any atom is -0.493 e. The van der Waals surface area contributed by atoms with E-state index in [0.29, 0.717) is 16.2 Å². The maximum atomic E-state index is 14.0. The highest BCUT2D eigenvalue weighted by molar-refractivity contribution is 6.31. The summed E-state index contributed by atoms with van der Waals surface area (Å²) in [6.07, 6.45) is -10.4. The highest BCUT2D eigenvalue weighted by Crippen LogP contribution is 2.48. The van der Waals surface area contributed by atoms with Gasteiger partial charge in [-0.25, -0.2) is 0 Å². The lowest BCUT2D eigenvalue weighted by atomic mass is 9.97. The zero-order valence-corrected chi connectivity index (χ0v) is 19.9. The van der Waals surface area contributed by atoms with Crippen LogP contribution in [0.1, 0.15) is 23.7 Å². The third kappa shape index (κ3) is 5.09. The van der Waals surface area contributed by atoms with E-state index in [1.807, 2.05) is 0 Å². The number of nitrogens with zero attached hydrogens (tertiary/aromatic N) is 2. The fourth-order valence-electron chi connectivity index (χ4n) is 4.05. The number of amides is 1. The van der Waals surface area contributed by atoms with Gasteiger partial charge in [-0.15, -0.1) is 0 Å². The number of alkyl halides is 3. The predicted octanol–water partition coefficient (Wildman–Crippen LogP) is 2.98. The van der Waals surface area contributed by atoms with Gasteiger partial charge in [0.1, 0.15) is 18.0 Å². The van der Waals surface area contributed by atoms with Crippen molar-refractivity contribution in [2.75, 3.05) is 31.9 Å². The van der Waals surface area contributed by atoms with E-state index in [1.54, 1.807) is 18.2 Å². The maximum Gasteiger partial charge on any atom is 0.422 e. The van der Waals surface area contributed by atoms with Gasteiger partial charge in [-0.3, -0.25) is 9.79 Å². The molecule has 3 rings (SSSR count). The van der Waals surface area contributed by atoms with Gasteiger partial charge in [-0.05, 0) is 18.2 Å². The standard InChI is InChI=1S/C22H25ClF3N5O4/c1-30-20-15(9-16(28)32)35-18(11-5-4-6-14(33-2)19(11)34-3)12-7-10(23)8-13(27)17(12)31(20)21(29)22(24,25)26/h4-8,15,18,21H,9,27,29H2,1-3H3,(H2,28,32)/t15-,18-,21?/m1/s1. The van der Waals surface area contributed by atoms with Gasteiger partial charge in [0.05, 0.1) is 32.0 Å². The fraction of sp³-hybridized carbons (Fsp3) is 0.364. The van der Waals surface area contributed by atoms with Gasteiger partial charge in [0.2, 0.25) is 5.91 Å². The van der Waals surface area contributed by atoms with Crippen LogP contribution in [0.25, 0.3) is 0 Å². The summed E-state index contributed by atoms with van der Waals surface area (Å²) >= 11 is 6.26. The Morgan fingerprint density at radius 2 is 1.94 bits per heavy atom. The Morgan fingerprint density at radius 1 is 1.26 bits per heavy atom. The molecule has 0 fully saturated rings. The number of amidine groups is 1. The van der Waals surface area contributed by atoms with Crippen molar-refractivity contribution < 1.29 is 32.2 Å². The molecule has 1 amide bonds. The van der Waals surface area contributed by atoms with Crippen LogP contribution in [-0.2, 0) is 9.53 Å². The number of ether oxygens (including phenoxy) is 3. The Morgan fingerprint density at radius 3 is 2.49 bits per heavy atom. The molecule has 13 heteroatoms. The second-order valence-electron chi connectivity index (χ2n) is 7.63. The van der Waals surface area contributed by atoms with Crippen LogP contribution in [0.15, 0.2) is 35.3 Å². The third-order valence-electron chi connectivity index (χ3n) is 5.44. The number of primary amides is 1. The first-order valence-corrected chi connectivity index (χ1v) is 10.6. The smallest absolute Gasteiger partial charge is 0.422 e. The van der Waals surface area contributed by atoms with Crippen LogP contribution in [0, 0.1) is 0 Å². The summed E-state index contributed by atoms with van der Waals surface area (Å²) in [6.45, 7) is 0. The molecule has 190 valence electrons. The number of aliphatic imine (C=N–C) groups is 1.